The molecule has 0 aliphatic heterocycles. The first-order valence-corrected chi connectivity index (χ1v) is 5.70. The molecule has 88 valence electrons. The number of carbonyl (C=O) groups excluding carboxylic acids is 1. The van der Waals surface area contributed by atoms with Crippen LogP contribution in [-0.4, -0.2) is 30.8 Å². The number of rotatable bonds is 6. The molecule has 1 rings (SSSR count). The minimum absolute atomic E-state index is 0.144. The van der Waals surface area contributed by atoms with Crippen LogP contribution in [0.25, 0.3) is 0 Å². The Morgan fingerprint density at radius 3 is 2.67 bits per heavy atom. The molecule has 1 aliphatic carbocycles. The molecular formula is C11H21NO3. The van der Waals surface area contributed by atoms with Gasteiger partial charge in [0, 0.05) is 19.4 Å². The summed E-state index contributed by atoms with van der Waals surface area (Å²) in [6.45, 7) is 5.06. The summed E-state index contributed by atoms with van der Waals surface area (Å²) in [6.07, 6.45) is 3.52. The van der Waals surface area contributed by atoms with Gasteiger partial charge in [-0.1, -0.05) is 13.3 Å². The monoisotopic (exact) mass is 215 g/mol. The Bertz CT molecular complexity index is 212. The van der Waals surface area contributed by atoms with E-state index in [2.05, 4.69) is 6.92 Å². The molecule has 0 heterocycles. The Morgan fingerprint density at radius 1 is 1.47 bits per heavy atom. The number of hydrogen-bond acceptors (Lipinski definition) is 4. The Kier molecular flexibility index (Phi) is 4.54. The zero-order valence-electron chi connectivity index (χ0n) is 9.62. The summed E-state index contributed by atoms with van der Waals surface area (Å²) in [6, 6.07) is 0. The third-order valence-corrected chi connectivity index (χ3v) is 2.72. The molecule has 0 saturated heterocycles. The van der Waals surface area contributed by atoms with Crippen LogP contribution in [0.5, 0.6) is 0 Å². The maximum absolute atomic E-state index is 11.4. The van der Waals surface area contributed by atoms with Gasteiger partial charge < -0.3 is 15.2 Å². The summed E-state index contributed by atoms with van der Waals surface area (Å²) in [5.74, 6) is -0.291. The molecule has 0 atom stereocenters. The summed E-state index contributed by atoms with van der Waals surface area (Å²) in [4.78, 5) is 11.4. The lowest BCUT2D eigenvalue weighted by Gasteiger charge is -2.42. The molecular weight excluding hydrogens is 194 g/mol. The zero-order chi connectivity index (χ0) is 11.3. The molecule has 1 aliphatic rings. The van der Waals surface area contributed by atoms with Gasteiger partial charge in [0.05, 0.1) is 12.7 Å². The fraction of sp³-hybridized carbons (Fsp3) is 0.909. The van der Waals surface area contributed by atoms with Gasteiger partial charge >= 0.3 is 5.97 Å². The molecule has 1 saturated carbocycles. The van der Waals surface area contributed by atoms with Crippen LogP contribution in [0.3, 0.4) is 0 Å². The van der Waals surface area contributed by atoms with E-state index >= 15 is 0 Å². The smallest absolute Gasteiger partial charge is 0.326 e. The molecule has 4 heteroatoms. The summed E-state index contributed by atoms with van der Waals surface area (Å²) >= 11 is 0. The van der Waals surface area contributed by atoms with E-state index in [1.165, 1.54) is 0 Å². The van der Waals surface area contributed by atoms with Crippen LogP contribution in [0.2, 0.25) is 0 Å². The lowest BCUT2D eigenvalue weighted by molar-refractivity contribution is -0.160. The normalized spacial score (nSPS) is 29.7. The van der Waals surface area contributed by atoms with E-state index in [0.29, 0.717) is 19.4 Å². The third-order valence-electron chi connectivity index (χ3n) is 2.72. The SMILES string of the molecule is CCCCOC1CC(N)(C(=O)OCC)C1. The second kappa shape index (κ2) is 5.47. The van der Waals surface area contributed by atoms with Gasteiger partial charge in [-0.3, -0.25) is 4.79 Å². The Labute approximate surface area is 91.1 Å². The third kappa shape index (κ3) is 3.18. The minimum Gasteiger partial charge on any atom is -0.465 e. The van der Waals surface area contributed by atoms with Crippen LogP contribution >= 0.6 is 0 Å². The molecule has 0 aromatic rings. The van der Waals surface area contributed by atoms with Gasteiger partial charge in [0.15, 0.2) is 0 Å². The van der Waals surface area contributed by atoms with Crippen molar-refractivity contribution < 1.29 is 14.3 Å². The highest BCUT2D eigenvalue weighted by Crippen LogP contribution is 2.33. The maximum Gasteiger partial charge on any atom is 0.326 e. The molecule has 4 nitrogen and oxygen atoms in total. The van der Waals surface area contributed by atoms with E-state index in [1.807, 2.05) is 0 Å². The Hall–Kier alpha value is -0.610. The predicted molar refractivity (Wildman–Crippen MR) is 57.4 cm³/mol. The van der Waals surface area contributed by atoms with Crippen LogP contribution in [0.4, 0.5) is 0 Å². The predicted octanol–water partition coefficient (Wildman–Crippen LogP) is 1.23. The minimum atomic E-state index is -0.785. The number of nitrogens with two attached hydrogens (primary N) is 1. The molecule has 0 aromatic carbocycles. The fourth-order valence-electron chi connectivity index (χ4n) is 1.71. The standard InChI is InChI=1S/C11H21NO3/c1-3-5-6-15-9-7-11(12,8-9)10(13)14-4-2/h9H,3-8,12H2,1-2H3. The second-order valence-corrected chi connectivity index (χ2v) is 4.13. The number of esters is 1. The van der Waals surface area contributed by atoms with Crippen molar-refractivity contribution in [2.24, 2.45) is 5.73 Å². The van der Waals surface area contributed by atoms with Crippen LogP contribution in [-0.2, 0) is 14.3 Å². The molecule has 0 spiro atoms. The molecule has 0 bridgehead atoms. The van der Waals surface area contributed by atoms with Gasteiger partial charge in [-0.05, 0) is 13.3 Å². The van der Waals surface area contributed by atoms with E-state index in [-0.39, 0.29) is 12.1 Å². The van der Waals surface area contributed by atoms with Gasteiger partial charge in [0.25, 0.3) is 0 Å². The molecule has 1 fully saturated rings. The summed E-state index contributed by atoms with van der Waals surface area (Å²) < 4.78 is 10.5. The number of hydrogen-bond donors (Lipinski definition) is 1. The first kappa shape index (κ1) is 12.5. The molecule has 0 amide bonds. The number of unbranched alkanes of at least 4 members (excludes halogenated alkanes) is 1. The molecule has 0 radical (unpaired) electrons. The lowest BCUT2D eigenvalue weighted by Crippen LogP contribution is -2.61. The van der Waals surface area contributed by atoms with Crippen molar-refractivity contribution in [3.63, 3.8) is 0 Å². The summed E-state index contributed by atoms with van der Waals surface area (Å²) in [7, 11) is 0. The van der Waals surface area contributed by atoms with Crippen molar-refractivity contribution >= 4 is 5.97 Å². The van der Waals surface area contributed by atoms with Crippen molar-refractivity contribution in [2.75, 3.05) is 13.2 Å². The van der Waals surface area contributed by atoms with Crippen LogP contribution in [0, 0.1) is 0 Å². The van der Waals surface area contributed by atoms with Crippen molar-refractivity contribution in [3.8, 4) is 0 Å². The van der Waals surface area contributed by atoms with E-state index in [4.69, 9.17) is 15.2 Å². The number of ether oxygens (including phenoxy) is 2. The van der Waals surface area contributed by atoms with E-state index in [1.54, 1.807) is 6.92 Å². The zero-order valence-corrected chi connectivity index (χ0v) is 9.62. The maximum atomic E-state index is 11.4. The van der Waals surface area contributed by atoms with E-state index in [0.717, 1.165) is 19.4 Å². The van der Waals surface area contributed by atoms with Gasteiger partial charge in [-0.25, -0.2) is 0 Å². The Morgan fingerprint density at radius 2 is 2.13 bits per heavy atom. The average molecular weight is 215 g/mol. The van der Waals surface area contributed by atoms with Gasteiger partial charge in [0.1, 0.15) is 5.54 Å². The molecule has 15 heavy (non-hydrogen) atoms. The lowest BCUT2D eigenvalue weighted by atomic mass is 9.75. The van der Waals surface area contributed by atoms with Crippen LogP contribution in [0.15, 0.2) is 0 Å². The topological polar surface area (TPSA) is 61.5 Å². The highest BCUT2D eigenvalue weighted by molar-refractivity contribution is 5.82. The highest BCUT2D eigenvalue weighted by Gasteiger charge is 2.48. The van der Waals surface area contributed by atoms with Crippen molar-refractivity contribution in [1.82, 2.24) is 0 Å². The van der Waals surface area contributed by atoms with E-state index < -0.39 is 5.54 Å². The summed E-state index contributed by atoms with van der Waals surface area (Å²) in [5.41, 5.74) is 5.09. The van der Waals surface area contributed by atoms with Gasteiger partial charge in [-0.2, -0.15) is 0 Å². The van der Waals surface area contributed by atoms with Gasteiger partial charge in [-0.15, -0.1) is 0 Å². The first-order chi connectivity index (χ1) is 7.12. The first-order valence-electron chi connectivity index (χ1n) is 5.70. The van der Waals surface area contributed by atoms with Gasteiger partial charge in [0.2, 0.25) is 0 Å². The average Bonchev–Trinajstić information content (AvgIpc) is 2.15. The van der Waals surface area contributed by atoms with Crippen molar-refractivity contribution in [2.45, 2.75) is 51.2 Å². The molecule has 0 aromatic heterocycles. The molecule has 2 N–H and O–H groups in total. The summed E-state index contributed by atoms with van der Waals surface area (Å²) in [5, 5.41) is 0. The molecule has 0 unspecified atom stereocenters. The van der Waals surface area contributed by atoms with E-state index in [9.17, 15) is 4.79 Å². The quantitative estimate of drug-likeness (QED) is 0.534. The van der Waals surface area contributed by atoms with Crippen molar-refractivity contribution in [3.05, 3.63) is 0 Å². The number of carbonyl (C=O) groups is 1. The van der Waals surface area contributed by atoms with Crippen molar-refractivity contribution in [1.29, 1.82) is 0 Å². The van der Waals surface area contributed by atoms with Crippen LogP contribution in [0.1, 0.15) is 39.5 Å². The Balaban J connectivity index is 2.19. The largest absolute Gasteiger partial charge is 0.465 e. The second-order valence-electron chi connectivity index (χ2n) is 4.13. The highest BCUT2D eigenvalue weighted by atomic mass is 16.5. The van der Waals surface area contributed by atoms with Crippen LogP contribution < -0.4 is 5.73 Å². The fourth-order valence-corrected chi connectivity index (χ4v) is 1.71.